The van der Waals surface area contributed by atoms with Gasteiger partial charge in [-0.25, -0.2) is 14.4 Å². The number of ether oxygens (including phenoxy) is 6. The maximum Gasteiger partial charge on any atom is 0.333 e. The summed E-state index contributed by atoms with van der Waals surface area (Å²) < 4.78 is 34.3. The highest BCUT2D eigenvalue weighted by molar-refractivity contribution is 5.87. The van der Waals surface area contributed by atoms with Crippen LogP contribution < -0.4 is 14.2 Å². The Morgan fingerprint density at radius 3 is 1.23 bits per heavy atom. The highest BCUT2D eigenvalue weighted by Gasteiger charge is 2.30. The second-order valence-electron chi connectivity index (χ2n) is 18.2. The molecule has 66 heavy (non-hydrogen) atoms. The summed E-state index contributed by atoms with van der Waals surface area (Å²) in [6, 6.07) is 16.5. The van der Waals surface area contributed by atoms with Crippen LogP contribution in [-0.2, 0) is 28.6 Å². The van der Waals surface area contributed by atoms with E-state index in [9.17, 15) is 29.7 Å². The van der Waals surface area contributed by atoms with Crippen molar-refractivity contribution in [1.82, 2.24) is 0 Å². The zero-order valence-electron chi connectivity index (χ0n) is 39.5. The van der Waals surface area contributed by atoms with Crippen LogP contribution >= 0.6 is 0 Å². The first kappa shape index (κ1) is 51.6. The average molecular weight is 911 g/mol. The summed E-state index contributed by atoms with van der Waals surface area (Å²) in [4.78, 5) is 35.9. The number of esters is 3. The van der Waals surface area contributed by atoms with E-state index in [1.54, 1.807) is 20.8 Å². The van der Waals surface area contributed by atoms with Crippen LogP contribution in [0.4, 0.5) is 0 Å². The molecule has 2 aliphatic rings. The van der Waals surface area contributed by atoms with Crippen molar-refractivity contribution >= 4 is 17.9 Å². The van der Waals surface area contributed by atoms with Crippen LogP contribution in [0.15, 0.2) is 85.0 Å². The van der Waals surface area contributed by atoms with E-state index in [2.05, 4.69) is 57.8 Å². The lowest BCUT2D eigenvalue weighted by Crippen LogP contribution is -2.26. The van der Waals surface area contributed by atoms with Crippen LogP contribution in [-0.4, -0.2) is 91.2 Å². The highest BCUT2D eigenvalue weighted by atomic mass is 16.6. The van der Waals surface area contributed by atoms with Crippen molar-refractivity contribution in [1.29, 1.82) is 0 Å². The molecule has 0 heterocycles. The third-order valence-electron chi connectivity index (χ3n) is 12.3. The Kier molecular flexibility index (Phi) is 19.5. The molecule has 0 amide bonds. The van der Waals surface area contributed by atoms with Gasteiger partial charge in [-0.1, -0.05) is 82.5 Å². The highest BCUT2D eigenvalue weighted by Crippen LogP contribution is 2.46. The van der Waals surface area contributed by atoms with Gasteiger partial charge < -0.3 is 43.7 Å². The molecule has 0 radical (unpaired) electrons. The Morgan fingerprint density at radius 1 is 0.530 bits per heavy atom. The van der Waals surface area contributed by atoms with Crippen LogP contribution in [0.2, 0.25) is 0 Å². The van der Waals surface area contributed by atoms with E-state index in [-0.39, 0.29) is 74.1 Å². The number of aryl methyl sites for hydroxylation is 2. The van der Waals surface area contributed by atoms with E-state index in [0.717, 1.165) is 90.3 Å². The van der Waals surface area contributed by atoms with E-state index in [4.69, 9.17) is 28.4 Å². The van der Waals surface area contributed by atoms with Gasteiger partial charge in [0, 0.05) is 22.6 Å². The molecule has 3 unspecified atom stereocenters. The van der Waals surface area contributed by atoms with Gasteiger partial charge in [0.1, 0.15) is 75.2 Å². The Labute approximate surface area is 390 Å². The number of hydrogen-bond donors (Lipinski definition) is 3. The van der Waals surface area contributed by atoms with Crippen molar-refractivity contribution in [2.75, 3.05) is 39.6 Å². The van der Waals surface area contributed by atoms with Gasteiger partial charge in [0.25, 0.3) is 0 Å². The minimum absolute atomic E-state index is 0.0613. The number of rotatable bonds is 23. The van der Waals surface area contributed by atoms with Crippen LogP contribution in [0.5, 0.6) is 17.2 Å². The van der Waals surface area contributed by atoms with Gasteiger partial charge >= 0.3 is 17.9 Å². The molecule has 12 nitrogen and oxygen atoms in total. The molecule has 0 aromatic heterocycles. The minimum Gasteiger partial charge on any atom is -0.491 e. The van der Waals surface area contributed by atoms with Crippen LogP contribution in [0.3, 0.4) is 0 Å². The number of aliphatic hydroxyl groups is 3. The lowest BCUT2D eigenvalue weighted by molar-refractivity contribution is -0.143. The van der Waals surface area contributed by atoms with E-state index in [1.807, 2.05) is 24.3 Å². The summed E-state index contributed by atoms with van der Waals surface area (Å²) in [7, 11) is 0. The SMILES string of the molecule is C=C(C)C(=O)OCC(O)COc1ccc(C(c2cc(C3CCCCC3)c(OCC(O)COC(=O)C(=C)C)cc2C)c2cc(C3CCCCC3)c(OCC(O)COC(=O)C(=C)C)cc2C)cc1. The monoisotopic (exact) mass is 910 g/mol. The first-order valence-corrected chi connectivity index (χ1v) is 23.3. The molecule has 0 aliphatic heterocycles. The Morgan fingerprint density at radius 2 is 0.879 bits per heavy atom. The number of carbonyl (C=O) groups excluding carboxylic acids is 3. The Bertz CT molecular complexity index is 2050. The normalized spacial score (nSPS) is 16.2. The lowest BCUT2D eigenvalue weighted by atomic mass is 9.76. The predicted octanol–water partition coefficient (Wildman–Crippen LogP) is 9.16. The quantitative estimate of drug-likeness (QED) is 0.0358. The predicted molar refractivity (Wildman–Crippen MR) is 253 cm³/mol. The van der Waals surface area contributed by atoms with Gasteiger partial charge in [-0.05, 0) is 135 Å². The summed E-state index contributed by atoms with van der Waals surface area (Å²) in [6.07, 6.45) is 7.61. The summed E-state index contributed by atoms with van der Waals surface area (Å²) in [5, 5.41) is 32.1. The standard InChI is InChI=1S/C54H70O12/c1-33(2)52(58)64-30-41(55)27-61-44-21-19-40(20-22-44)51(45-25-47(38-15-11-9-12-16-38)49(23-36(45)7)62-28-42(56)31-65-53(59)34(3)4)46-26-48(39-17-13-10-14-18-39)50(24-37(46)8)63-29-43(57)32-66-54(60)35(5)6/h19-26,38-39,41-43,51,55-57H,1,3,5,9-18,27-32H2,2,4,6-8H3. The maximum atomic E-state index is 12.0. The van der Waals surface area contributed by atoms with Crippen molar-refractivity contribution in [3.05, 3.63) is 124 Å². The van der Waals surface area contributed by atoms with E-state index < -0.39 is 36.2 Å². The molecule has 0 saturated heterocycles. The molecular weight excluding hydrogens is 841 g/mol. The van der Waals surface area contributed by atoms with Crippen molar-refractivity contribution in [3.63, 3.8) is 0 Å². The molecule has 358 valence electrons. The fourth-order valence-corrected chi connectivity index (χ4v) is 8.65. The molecule has 2 saturated carbocycles. The lowest BCUT2D eigenvalue weighted by Gasteiger charge is -2.31. The molecule has 3 N–H and O–H groups in total. The fourth-order valence-electron chi connectivity index (χ4n) is 8.65. The molecule has 5 rings (SSSR count). The number of benzene rings is 3. The van der Waals surface area contributed by atoms with Gasteiger partial charge in [-0.15, -0.1) is 0 Å². The van der Waals surface area contributed by atoms with Gasteiger partial charge in [-0.2, -0.15) is 0 Å². The van der Waals surface area contributed by atoms with E-state index in [1.165, 1.54) is 12.8 Å². The third kappa shape index (κ3) is 14.8. The van der Waals surface area contributed by atoms with Crippen molar-refractivity contribution < 1.29 is 58.1 Å². The average Bonchev–Trinajstić information content (AvgIpc) is 3.31. The third-order valence-corrected chi connectivity index (χ3v) is 12.3. The van der Waals surface area contributed by atoms with Crippen molar-refractivity contribution in [2.24, 2.45) is 0 Å². The molecule has 12 heteroatoms. The number of hydrogen-bond acceptors (Lipinski definition) is 12. The topological polar surface area (TPSA) is 167 Å². The van der Waals surface area contributed by atoms with Crippen LogP contribution in [0.1, 0.15) is 142 Å². The number of carbonyl (C=O) groups is 3. The van der Waals surface area contributed by atoms with Gasteiger partial charge in [-0.3, -0.25) is 0 Å². The summed E-state index contributed by atoms with van der Waals surface area (Å²) in [6.45, 7) is 18.8. The Hall–Kier alpha value is -5.43. The summed E-state index contributed by atoms with van der Waals surface area (Å²) >= 11 is 0. The zero-order valence-corrected chi connectivity index (χ0v) is 39.5. The molecule has 3 aromatic carbocycles. The molecule has 0 bridgehead atoms. The van der Waals surface area contributed by atoms with Crippen LogP contribution in [0, 0.1) is 13.8 Å². The van der Waals surface area contributed by atoms with Crippen molar-refractivity contribution in [2.45, 2.75) is 135 Å². The molecule has 0 spiro atoms. The minimum atomic E-state index is -1.04. The first-order valence-electron chi connectivity index (χ1n) is 23.3. The van der Waals surface area contributed by atoms with Gasteiger partial charge in [0.15, 0.2) is 0 Å². The van der Waals surface area contributed by atoms with Crippen molar-refractivity contribution in [3.8, 4) is 17.2 Å². The van der Waals surface area contributed by atoms with Crippen LogP contribution in [0.25, 0.3) is 0 Å². The summed E-state index contributed by atoms with van der Waals surface area (Å²) in [5.74, 6) is 0.419. The van der Waals surface area contributed by atoms with E-state index in [0.29, 0.717) is 17.2 Å². The molecular formula is C54H70O12. The second kappa shape index (κ2) is 24.9. The molecule has 2 fully saturated rings. The largest absolute Gasteiger partial charge is 0.491 e. The molecule has 3 atom stereocenters. The second-order valence-corrected chi connectivity index (χ2v) is 18.2. The molecule has 2 aliphatic carbocycles. The Balaban J connectivity index is 1.56. The van der Waals surface area contributed by atoms with E-state index >= 15 is 0 Å². The summed E-state index contributed by atoms with van der Waals surface area (Å²) in [5.41, 5.74) is 8.03. The first-order chi connectivity index (χ1) is 31.5. The smallest absolute Gasteiger partial charge is 0.333 e. The van der Waals surface area contributed by atoms with Gasteiger partial charge in [0.05, 0.1) is 0 Å². The van der Waals surface area contributed by atoms with Gasteiger partial charge in [0.2, 0.25) is 0 Å². The zero-order chi connectivity index (χ0) is 47.9. The fraction of sp³-hybridized carbons (Fsp3) is 0.500. The maximum absolute atomic E-state index is 12.0. The molecule has 3 aromatic rings. The number of aliphatic hydroxyl groups excluding tert-OH is 3.